The highest BCUT2D eigenvalue weighted by Crippen LogP contribution is 2.50. The fourth-order valence-electron chi connectivity index (χ4n) is 5.65. The van der Waals surface area contributed by atoms with Gasteiger partial charge in [-0.05, 0) is 46.5 Å². The van der Waals surface area contributed by atoms with Gasteiger partial charge in [-0.15, -0.1) is 0 Å². The second-order valence-corrected chi connectivity index (χ2v) is 9.74. The molecule has 6 rings (SSSR count). The molecule has 0 aromatic heterocycles. The standard InChI is InChI=1S/C34H30O4/c1-21-11-13-27-29(19-21)31(23-7-3-5-9-25(23)33(27)37-17-15-35)32-24-8-4-6-10-26(24)34(38-18-16-36)28-14-12-22(2)20-30(28)32/h3-14,19-20,35-36H,15-18H2,1-2H3. The summed E-state index contributed by atoms with van der Waals surface area (Å²) in [6.45, 7) is 4.58. The van der Waals surface area contributed by atoms with Gasteiger partial charge in [-0.1, -0.05) is 96.1 Å². The van der Waals surface area contributed by atoms with Crippen molar-refractivity contribution >= 4 is 43.1 Å². The van der Waals surface area contributed by atoms with E-state index in [9.17, 15) is 10.2 Å². The first kappa shape index (κ1) is 24.2. The molecule has 0 aliphatic heterocycles. The molecule has 190 valence electrons. The van der Waals surface area contributed by atoms with Gasteiger partial charge in [0.2, 0.25) is 0 Å². The van der Waals surface area contributed by atoms with Crippen LogP contribution in [0.3, 0.4) is 0 Å². The van der Waals surface area contributed by atoms with Crippen LogP contribution in [0, 0.1) is 13.8 Å². The lowest BCUT2D eigenvalue weighted by Gasteiger charge is -2.22. The number of aliphatic hydroxyl groups excluding tert-OH is 2. The lowest BCUT2D eigenvalue weighted by Crippen LogP contribution is -2.04. The Labute approximate surface area is 221 Å². The van der Waals surface area contributed by atoms with Gasteiger partial charge in [-0.25, -0.2) is 0 Å². The molecule has 6 aromatic carbocycles. The van der Waals surface area contributed by atoms with Gasteiger partial charge in [0, 0.05) is 21.5 Å². The van der Waals surface area contributed by atoms with Crippen molar-refractivity contribution < 1.29 is 19.7 Å². The molecule has 0 atom stereocenters. The van der Waals surface area contributed by atoms with Crippen molar-refractivity contribution in [3.8, 4) is 22.6 Å². The van der Waals surface area contributed by atoms with Gasteiger partial charge in [0.15, 0.2) is 0 Å². The average molecular weight is 503 g/mol. The molecule has 0 bridgehead atoms. The molecule has 4 nitrogen and oxygen atoms in total. The summed E-state index contributed by atoms with van der Waals surface area (Å²) in [7, 11) is 0. The maximum atomic E-state index is 9.55. The Bertz CT molecular complexity index is 1680. The predicted molar refractivity (Wildman–Crippen MR) is 157 cm³/mol. The van der Waals surface area contributed by atoms with E-state index in [0.717, 1.165) is 76.8 Å². The Hall–Kier alpha value is -4.12. The van der Waals surface area contributed by atoms with E-state index in [-0.39, 0.29) is 26.4 Å². The van der Waals surface area contributed by atoms with Gasteiger partial charge in [-0.2, -0.15) is 0 Å². The zero-order valence-electron chi connectivity index (χ0n) is 21.6. The molecule has 6 aromatic rings. The Kier molecular flexibility index (Phi) is 6.36. The minimum absolute atomic E-state index is 0.0483. The Morgan fingerprint density at radius 3 is 1.24 bits per heavy atom. The number of benzene rings is 6. The monoisotopic (exact) mass is 502 g/mol. The van der Waals surface area contributed by atoms with Crippen LogP contribution in [0.2, 0.25) is 0 Å². The summed E-state index contributed by atoms with van der Waals surface area (Å²) in [6.07, 6.45) is 0. The van der Waals surface area contributed by atoms with Gasteiger partial charge in [0.1, 0.15) is 24.7 Å². The summed E-state index contributed by atoms with van der Waals surface area (Å²) in [6, 6.07) is 29.6. The van der Waals surface area contributed by atoms with Gasteiger partial charge < -0.3 is 19.7 Å². The Balaban J connectivity index is 1.86. The van der Waals surface area contributed by atoms with Crippen molar-refractivity contribution in [1.82, 2.24) is 0 Å². The Morgan fingerprint density at radius 1 is 0.474 bits per heavy atom. The summed E-state index contributed by atoms with van der Waals surface area (Å²) in [5, 5.41) is 27.5. The van der Waals surface area contributed by atoms with Crippen LogP contribution in [0.25, 0.3) is 54.2 Å². The normalized spacial score (nSPS) is 11.6. The molecule has 38 heavy (non-hydrogen) atoms. The third kappa shape index (κ3) is 3.94. The number of rotatable bonds is 7. The molecular weight excluding hydrogens is 472 g/mol. The summed E-state index contributed by atoms with van der Waals surface area (Å²) < 4.78 is 12.4. The molecule has 0 spiro atoms. The van der Waals surface area contributed by atoms with Crippen molar-refractivity contribution in [1.29, 1.82) is 0 Å². The van der Waals surface area contributed by atoms with E-state index >= 15 is 0 Å². The van der Waals surface area contributed by atoms with Gasteiger partial charge in [0.05, 0.1) is 13.2 Å². The Morgan fingerprint density at radius 2 is 0.842 bits per heavy atom. The first-order valence-corrected chi connectivity index (χ1v) is 13.0. The molecule has 0 aliphatic carbocycles. The van der Waals surface area contributed by atoms with Crippen LogP contribution >= 0.6 is 0 Å². The molecule has 0 radical (unpaired) electrons. The van der Waals surface area contributed by atoms with E-state index in [0.29, 0.717) is 0 Å². The summed E-state index contributed by atoms with van der Waals surface area (Å²) in [4.78, 5) is 0. The molecule has 4 heteroatoms. The van der Waals surface area contributed by atoms with Crippen molar-refractivity contribution in [2.75, 3.05) is 26.4 Å². The lowest BCUT2D eigenvalue weighted by atomic mass is 9.84. The number of ether oxygens (including phenoxy) is 2. The van der Waals surface area contributed by atoms with E-state index in [1.54, 1.807) is 0 Å². The SMILES string of the molecule is Cc1ccc2c(OCCO)c3ccccc3c(-c3c4ccccc4c(OCCO)c4ccc(C)cc34)c2c1. The molecule has 0 saturated heterocycles. The molecular formula is C34H30O4. The topological polar surface area (TPSA) is 58.9 Å². The van der Waals surface area contributed by atoms with E-state index in [2.05, 4.69) is 86.6 Å². The van der Waals surface area contributed by atoms with Crippen LogP contribution in [0.5, 0.6) is 11.5 Å². The van der Waals surface area contributed by atoms with Crippen LogP contribution in [-0.4, -0.2) is 36.6 Å². The molecule has 0 heterocycles. The van der Waals surface area contributed by atoms with E-state index < -0.39 is 0 Å². The highest BCUT2D eigenvalue weighted by molar-refractivity contribution is 6.26. The molecule has 0 fully saturated rings. The van der Waals surface area contributed by atoms with Crippen LogP contribution in [0.15, 0.2) is 84.9 Å². The zero-order valence-corrected chi connectivity index (χ0v) is 21.6. The fraction of sp³-hybridized carbons (Fsp3) is 0.176. The maximum Gasteiger partial charge on any atom is 0.135 e. The van der Waals surface area contributed by atoms with E-state index in [4.69, 9.17) is 9.47 Å². The van der Waals surface area contributed by atoms with E-state index in [1.165, 1.54) is 0 Å². The zero-order chi connectivity index (χ0) is 26.2. The van der Waals surface area contributed by atoms with Gasteiger partial charge >= 0.3 is 0 Å². The van der Waals surface area contributed by atoms with Crippen molar-refractivity contribution in [2.45, 2.75) is 13.8 Å². The first-order valence-electron chi connectivity index (χ1n) is 13.0. The average Bonchev–Trinajstić information content (AvgIpc) is 2.94. The molecule has 0 unspecified atom stereocenters. The number of aryl methyl sites for hydroxylation is 2. The third-order valence-electron chi connectivity index (χ3n) is 7.19. The van der Waals surface area contributed by atoms with E-state index in [1.807, 2.05) is 12.1 Å². The van der Waals surface area contributed by atoms with Crippen LogP contribution < -0.4 is 9.47 Å². The second-order valence-electron chi connectivity index (χ2n) is 9.74. The minimum Gasteiger partial charge on any atom is -0.490 e. The van der Waals surface area contributed by atoms with Crippen molar-refractivity contribution in [3.63, 3.8) is 0 Å². The smallest absolute Gasteiger partial charge is 0.135 e. The summed E-state index contributed by atoms with van der Waals surface area (Å²) in [5.74, 6) is 1.59. The summed E-state index contributed by atoms with van der Waals surface area (Å²) >= 11 is 0. The number of aliphatic hydroxyl groups is 2. The number of hydrogen-bond acceptors (Lipinski definition) is 4. The molecule has 2 N–H and O–H groups in total. The third-order valence-corrected chi connectivity index (χ3v) is 7.19. The minimum atomic E-state index is -0.0483. The molecule has 0 amide bonds. The second kappa shape index (κ2) is 9.97. The first-order chi connectivity index (χ1) is 18.6. The number of fused-ring (bicyclic) bond motifs is 4. The maximum absolute atomic E-state index is 9.55. The van der Waals surface area contributed by atoms with Gasteiger partial charge in [-0.3, -0.25) is 0 Å². The van der Waals surface area contributed by atoms with Crippen molar-refractivity contribution in [2.24, 2.45) is 0 Å². The number of hydrogen-bond donors (Lipinski definition) is 2. The highest BCUT2D eigenvalue weighted by Gasteiger charge is 2.22. The largest absolute Gasteiger partial charge is 0.490 e. The van der Waals surface area contributed by atoms with Gasteiger partial charge in [0.25, 0.3) is 0 Å². The fourth-order valence-corrected chi connectivity index (χ4v) is 5.65. The van der Waals surface area contributed by atoms with Crippen LogP contribution in [0.4, 0.5) is 0 Å². The highest BCUT2D eigenvalue weighted by atomic mass is 16.5. The quantitative estimate of drug-likeness (QED) is 0.225. The van der Waals surface area contributed by atoms with Crippen LogP contribution in [0.1, 0.15) is 11.1 Å². The molecule has 0 aliphatic rings. The lowest BCUT2D eigenvalue weighted by molar-refractivity contribution is 0.204. The predicted octanol–water partition coefficient (Wildman–Crippen LogP) is 7.33. The molecule has 0 saturated carbocycles. The summed E-state index contributed by atoms with van der Waals surface area (Å²) in [5.41, 5.74) is 4.62. The van der Waals surface area contributed by atoms with Crippen LogP contribution in [-0.2, 0) is 0 Å². The van der Waals surface area contributed by atoms with Crippen molar-refractivity contribution in [3.05, 3.63) is 96.1 Å².